The highest BCUT2D eigenvalue weighted by Gasteiger charge is 2.55. The molecule has 0 amide bonds. The molecule has 1 aromatic rings. The predicted molar refractivity (Wildman–Crippen MR) is 91.1 cm³/mol. The van der Waals surface area contributed by atoms with Gasteiger partial charge in [-0.1, -0.05) is 23.7 Å². The highest BCUT2D eigenvalue weighted by atomic mass is 35.5. The van der Waals surface area contributed by atoms with Gasteiger partial charge in [-0.2, -0.15) is 8.78 Å². The van der Waals surface area contributed by atoms with Crippen molar-refractivity contribution in [3.63, 3.8) is 0 Å². The Morgan fingerprint density at radius 2 is 1.82 bits per heavy atom. The molecule has 1 aromatic carbocycles. The SMILES string of the molecule is COCOOC[C@@H](O)[C@@H](OOCOC)C(F)(F)C(=O)OSc1ccccc1Cl. The van der Waals surface area contributed by atoms with Gasteiger partial charge in [0.15, 0.2) is 19.7 Å². The minimum absolute atomic E-state index is 0.198. The summed E-state index contributed by atoms with van der Waals surface area (Å²) in [4.78, 5) is 29.9. The van der Waals surface area contributed by atoms with Crippen LogP contribution in [0, 0.1) is 0 Å². The van der Waals surface area contributed by atoms with Crippen molar-refractivity contribution in [2.24, 2.45) is 0 Å². The molecule has 0 saturated heterocycles. The van der Waals surface area contributed by atoms with E-state index in [-0.39, 0.29) is 16.7 Å². The first-order valence-corrected chi connectivity index (χ1v) is 8.66. The Bertz CT molecular complexity index is 596. The monoisotopic (exact) mass is 448 g/mol. The number of alkyl halides is 2. The number of carbonyl (C=O) groups is 1. The molecular formula is C15H19ClF2O9S. The number of rotatable bonds is 14. The summed E-state index contributed by atoms with van der Waals surface area (Å²) in [5.41, 5.74) is 0. The molecule has 0 aliphatic rings. The van der Waals surface area contributed by atoms with Crippen molar-refractivity contribution in [1.29, 1.82) is 0 Å². The van der Waals surface area contributed by atoms with Gasteiger partial charge in [0.05, 0.1) is 22.0 Å². The van der Waals surface area contributed by atoms with Crippen molar-refractivity contribution in [3.05, 3.63) is 29.3 Å². The van der Waals surface area contributed by atoms with Crippen LogP contribution in [-0.2, 0) is 38.0 Å². The summed E-state index contributed by atoms with van der Waals surface area (Å²) in [5.74, 6) is -6.33. The predicted octanol–water partition coefficient (Wildman–Crippen LogP) is 2.36. The van der Waals surface area contributed by atoms with Crippen LogP contribution >= 0.6 is 23.6 Å². The highest BCUT2D eigenvalue weighted by Crippen LogP contribution is 2.32. The third-order valence-electron chi connectivity index (χ3n) is 2.85. The van der Waals surface area contributed by atoms with Gasteiger partial charge in [0.1, 0.15) is 12.7 Å². The normalized spacial score (nSPS) is 13.9. The zero-order chi connectivity index (χ0) is 21.0. The highest BCUT2D eigenvalue weighted by molar-refractivity contribution is 7.95. The Balaban J connectivity index is 2.76. The number of hydrogen-bond donors (Lipinski definition) is 1. The zero-order valence-electron chi connectivity index (χ0n) is 14.8. The lowest BCUT2D eigenvalue weighted by molar-refractivity contribution is -0.404. The van der Waals surface area contributed by atoms with Crippen LogP contribution in [0.25, 0.3) is 0 Å². The van der Waals surface area contributed by atoms with Gasteiger partial charge in [-0.05, 0) is 12.1 Å². The molecule has 28 heavy (non-hydrogen) atoms. The Morgan fingerprint density at radius 1 is 1.18 bits per heavy atom. The molecule has 1 N–H and O–H groups in total. The second kappa shape index (κ2) is 13.2. The van der Waals surface area contributed by atoms with Crippen LogP contribution in [0.1, 0.15) is 0 Å². The third-order valence-corrected chi connectivity index (χ3v) is 4.06. The number of carbonyl (C=O) groups excluding carboxylic acids is 1. The fourth-order valence-corrected chi connectivity index (χ4v) is 2.36. The molecule has 0 radical (unpaired) electrons. The minimum Gasteiger partial charge on any atom is -0.387 e. The maximum atomic E-state index is 14.5. The Labute approximate surface area is 168 Å². The minimum atomic E-state index is -4.33. The molecule has 0 saturated carbocycles. The quantitative estimate of drug-likeness (QED) is 0.150. The molecule has 0 heterocycles. The van der Waals surface area contributed by atoms with Crippen molar-refractivity contribution in [3.8, 4) is 0 Å². The summed E-state index contributed by atoms with van der Waals surface area (Å²) in [6, 6.07) is 6.14. The molecular weight excluding hydrogens is 430 g/mol. The molecule has 1 rings (SSSR count). The van der Waals surface area contributed by atoms with Gasteiger partial charge in [0.25, 0.3) is 0 Å². The molecule has 9 nitrogen and oxygen atoms in total. The molecule has 160 valence electrons. The van der Waals surface area contributed by atoms with Crippen LogP contribution in [0.2, 0.25) is 5.02 Å². The average molecular weight is 449 g/mol. The maximum Gasteiger partial charge on any atom is 0.392 e. The lowest BCUT2D eigenvalue weighted by Crippen LogP contribution is -2.51. The maximum absolute atomic E-state index is 14.5. The van der Waals surface area contributed by atoms with Gasteiger partial charge in [-0.25, -0.2) is 24.3 Å². The van der Waals surface area contributed by atoms with Gasteiger partial charge in [-0.3, -0.25) is 0 Å². The van der Waals surface area contributed by atoms with Crippen LogP contribution in [0.5, 0.6) is 0 Å². The largest absolute Gasteiger partial charge is 0.392 e. The summed E-state index contributed by atoms with van der Waals surface area (Å²) < 4.78 is 42.5. The summed E-state index contributed by atoms with van der Waals surface area (Å²) >= 11 is 6.19. The van der Waals surface area contributed by atoms with Gasteiger partial charge >= 0.3 is 11.9 Å². The number of ether oxygens (including phenoxy) is 2. The van der Waals surface area contributed by atoms with Crippen LogP contribution in [0.3, 0.4) is 0 Å². The van der Waals surface area contributed by atoms with Crippen LogP contribution in [-0.4, -0.2) is 63.6 Å². The summed E-state index contributed by atoms with van der Waals surface area (Å²) in [6.07, 6.45) is -4.53. The topological polar surface area (TPSA) is 102 Å². The van der Waals surface area contributed by atoms with Crippen molar-refractivity contribution in [1.82, 2.24) is 0 Å². The van der Waals surface area contributed by atoms with E-state index in [1.54, 1.807) is 12.1 Å². The second-order valence-corrected chi connectivity index (χ2v) is 6.11. The summed E-state index contributed by atoms with van der Waals surface area (Å²) in [7, 11) is 2.51. The Kier molecular flexibility index (Phi) is 11.8. The van der Waals surface area contributed by atoms with E-state index >= 15 is 0 Å². The van der Waals surface area contributed by atoms with Crippen molar-refractivity contribution in [2.75, 3.05) is 34.4 Å². The van der Waals surface area contributed by atoms with E-state index < -0.39 is 37.5 Å². The molecule has 0 fully saturated rings. The van der Waals surface area contributed by atoms with E-state index in [2.05, 4.69) is 33.2 Å². The average Bonchev–Trinajstić information content (AvgIpc) is 2.67. The van der Waals surface area contributed by atoms with Crippen molar-refractivity contribution >= 4 is 29.6 Å². The van der Waals surface area contributed by atoms with Crippen LogP contribution < -0.4 is 0 Å². The number of aliphatic hydroxyl groups is 1. The molecule has 0 unspecified atom stereocenters. The number of methoxy groups -OCH3 is 2. The Morgan fingerprint density at radius 3 is 2.46 bits per heavy atom. The summed E-state index contributed by atoms with van der Waals surface area (Å²) in [5, 5.41) is 10.1. The lowest BCUT2D eigenvalue weighted by Gasteiger charge is -2.27. The molecule has 2 atom stereocenters. The first kappa shape index (κ1) is 24.9. The van der Waals surface area contributed by atoms with E-state index in [0.29, 0.717) is 12.0 Å². The first-order valence-electron chi connectivity index (χ1n) is 7.54. The van der Waals surface area contributed by atoms with Gasteiger partial charge in [-0.15, -0.1) is 0 Å². The number of hydrogen-bond acceptors (Lipinski definition) is 10. The van der Waals surface area contributed by atoms with Crippen molar-refractivity contribution in [2.45, 2.75) is 23.0 Å². The van der Waals surface area contributed by atoms with Crippen LogP contribution in [0.4, 0.5) is 8.78 Å². The van der Waals surface area contributed by atoms with E-state index in [1.807, 2.05) is 0 Å². The molecule has 0 aromatic heterocycles. The summed E-state index contributed by atoms with van der Waals surface area (Å²) in [6.45, 7) is -1.64. The molecule has 0 aliphatic carbocycles. The lowest BCUT2D eigenvalue weighted by atomic mass is 10.1. The van der Waals surface area contributed by atoms with E-state index in [0.717, 1.165) is 0 Å². The standard InChI is InChI=1S/C15H19ClF2O9S/c1-21-8-24-23-7-11(19)13(26-25-9-22-2)15(17,18)14(20)27-28-12-6-4-3-5-10(12)16/h3-6,11,13,19H,7-9H2,1-2H3/t11-,13-/m1/s1. The van der Waals surface area contributed by atoms with E-state index in [4.69, 9.17) is 11.6 Å². The van der Waals surface area contributed by atoms with Crippen molar-refractivity contribution < 1.29 is 51.9 Å². The molecule has 0 bridgehead atoms. The fourth-order valence-electron chi connectivity index (χ4n) is 1.57. The van der Waals surface area contributed by atoms with Crippen LogP contribution in [0.15, 0.2) is 29.2 Å². The smallest absolute Gasteiger partial charge is 0.387 e. The number of halogens is 3. The zero-order valence-corrected chi connectivity index (χ0v) is 16.4. The molecule has 13 heteroatoms. The number of aliphatic hydroxyl groups excluding tert-OH is 1. The van der Waals surface area contributed by atoms with E-state index in [9.17, 15) is 18.7 Å². The Hall–Kier alpha value is -1.09. The van der Waals surface area contributed by atoms with E-state index in [1.165, 1.54) is 26.4 Å². The van der Waals surface area contributed by atoms with Gasteiger partial charge in [0.2, 0.25) is 0 Å². The molecule has 0 spiro atoms. The number of benzene rings is 1. The van der Waals surface area contributed by atoms with Gasteiger partial charge < -0.3 is 18.8 Å². The first-order chi connectivity index (χ1) is 13.3. The van der Waals surface area contributed by atoms with Gasteiger partial charge in [0, 0.05) is 14.2 Å². The molecule has 0 aliphatic heterocycles. The third kappa shape index (κ3) is 8.11. The fraction of sp³-hybridized carbons (Fsp3) is 0.533. The second-order valence-electron chi connectivity index (χ2n) is 4.92.